The maximum absolute atomic E-state index is 5.39. The molecule has 3 aromatic rings. The molecule has 2 heterocycles. The van der Waals surface area contributed by atoms with Gasteiger partial charge in [0.05, 0.1) is 6.20 Å². The quantitative estimate of drug-likeness (QED) is 0.717. The summed E-state index contributed by atoms with van der Waals surface area (Å²) in [6, 6.07) is 15.9. The van der Waals surface area contributed by atoms with Crippen LogP contribution in [0.4, 0.5) is 11.8 Å². The van der Waals surface area contributed by atoms with Crippen molar-refractivity contribution in [2.24, 2.45) is 0 Å². The zero-order valence-electron chi connectivity index (χ0n) is 13.5. The van der Waals surface area contributed by atoms with Gasteiger partial charge in [0.15, 0.2) is 17.3 Å². The molecule has 1 aliphatic rings. The lowest BCUT2D eigenvalue weighted by Gasteiger charge is -2.08. The molecule has 7 heteroatoms. The second-order valence-corrected chi connectivity index (χ2v) is 5.55. The summed E-state index contributed by atoms with van der Waals surface area (Å²) in [4.78, 5) is 4.42. The fourth-order valence-corrected chi connectivity index (χ4v) is 2.48. The van der Waals surface area contributed by atoms with Crippen LogP contribution in [0.25, 0.3) is 0 Å². The molecule has 126 valence electrons. The maximum atomic E-state index is 5.39. The maximum Gasteiger partial charge on any atom is 0.244 e. The highest BCUT2D eigenvalue weighted by molar-refractivity contribution is 5.46. The summed E-state index contributed by atoms with van der Waals surface area (Å²) < 4.78 is 10.7. The molecule has 0 bridgehead atoms. The Hall–Kier alpha value is -3.35. The van der Waals surface area contributed by atoms with Gasteiger partial charge < -0.3 is 20.1 Å². The lowest BCUT2D eigenvalue weighted by molar-refractivity contribution is 0.174. The van der Waals surface area contributed by atoms with E-state index in [4.69, 9.17) is 9.47 Å². The van der Waals surface area contributed by atoms with Gasteiger partial charge >= 0.3 is 0 Å². The predicted octanol–water partition coefficient (Wildman–Crippen LogP) is 2.82. The van der Waals surface area contributed by atoms with Crippen molar-refractivity contribution in [1.29, 1.82) is 0 Å². The molecule has 1 aromatic heterocycles. The Bertz CT molecular complexity index is 857. The van der Waals surface area contributed by atoms with Gasteiger partial charge in [0.1, 0.15) is 0 Å². The Balaban J connectivity index is 1.36. The van der Waals surface area contributed by atoms with Crippen LogP contribution in [0, 0.1) is 0 Å². The van der Waals surface area contributed by atoms with Gasteiger partial charge in [-0.05, 0) is 23.3 Å². The van der Waals surface area contributed by atoms with Crippen LogP contribution in [0.5, 0.6) is 11.5 Å². The van der Waals surface area contributed by atoms with Gasteiger partial charge in [-0.2, -0.15) is 10.1 Å². The fourth-order valence-electron chi connectivity index (χ4n) is 2.48. The molecule has 0 fully saturated rings. The average molecular weight is 335 g/mol. The molecule has 2 N–H and O–H groups in total. The van der Waals surface area contributed by atoms with Crippen LogP contribution in [0.3, 0.4) is 0 Å². The largest absolute Gasteiger partial charge is 0.454 e. The summed E-state index contributed by atoms with van der Waals surface area (Å²) in [5, 5.41) is 14.4. The molecule has 4 rings (SSSR count). The van der Waals surface area contributed by atoms with Crippen LogP contribution in [0.1, 0.15) is 11.1 Å². The van der Waals surface area contributed by atoms with Crippen LogP contribution in [-0.2, 0) is 13.1 Å². The van der Waals surface area contributed by atoms with Crippen molar-refractivity contribution in [3.63, 3.8) is 0 Å². The number of ether oxygens (including phenoxy) is 2. The van der Waals surface area contributed by atoms with E-state index in [0.29, 0.717) is 24.9 Å². The van der Waals surface area contributed by atoms with Gasteiger partial charge in [-0.15, -0.1) is 5.10 Å². The first-order valence-electron chi connectivity index (χ1n) is 7.97. The minimum Gasteiger partial charge on any atom is -0.454 e. The molecule has 0 atom stereocenters. The first-order valence-corrected chi connectivity index (χ1v) is 7.97. The van der Waals surface area contributed by atoms with E-state index < -0.39 is 0 Å². The minimum atomic E-state index is 0.276. The van der Waals surface area contributed by atoms with Gasteiger partial charge in [0.25, 0.3) is 0 Å². The Labute approximate surface area is 145 Å². The van der Waals surface area contributed by atoms with Crippen molar-refractivity contribution in [3.8, 4) is 11.5 Å². The lowest BCUT2D eigenvalue weighted by atomic mass is 10.2. The molecule has 25 heavy (non-hydrogen) atoms. The van der Waals surface area contributed by atoms with E-state index in [9.17, 15) is 0 Å². The monoisotopic (exact) mass is 335 g/mol. The van der Waals surface area contributed by atoms with Crippen LogP contribution < -0.4 is 20.1 Å². The molecule has 0 saturated carbocycles. The van der Waals surface area contributed by atoms with E-state index in [1.165, 1.54) is 0 Å². The van der Waals surface area contributed by atoms with E-state index in [2.05, 4.69) is 25.8 Å². The zero-order valence-corrected chi connectivity index (χ0v) is 13.5. The molecular formula is C18H17N5O2. The Kier molecular flexibility index (Phi) is 4.28. The molecule has 0 spiro atoms. The van der Waals surface area contributed by atoms with Crippen molar-refractivity contribution in [3.05, 3.63) is 65.9 Å². The summed E-state index contributed by atoms with van der Waals surface area (Å²) in [6.45, 7) is 1.53. The van der Waals surface area contributed by atoms with Crippen molar-refractivity contribution in [1.82, 2.24) is 15.2 Å². The number of anilines is 2. The molecule has 7 nitrogen and oxygen atoms in total. The number of rotatable bonds is 6. The summed E-state index contributed by atoms with van der Waals surface area (Å²) in [7, 11) is 0. The molecule has 2 aromatic carbocycles. The number of fused-ring (bicyclic) bond motifs is 1. The van der Waals surface area contributed by atoms with Crippen LogP contribution in [-0.4, -0.2) is 22.0 Å². The number of nitrogens with one attached hydrogen (secondary N) is 2. The summed E-state index contributed by atoms with van der Waals surface area (Å²) in [6.07, 6.45) is 1.60. The molecule has 1 aliphatic heterocycles. The third-order valence-electron chi connectivity index (χ3n) is 3.76. The van der Waals surface area contributed by atoms with Crippen LogP contribution >= 0.6 is 0 Å². The molecule has 0 amide bonds. The van der Waals surface area contributed by atoms with Crippen molar-refractivity contribution >= 4 is 11.8 Å². The Morgan fingerprint density at radius 1 is 0.880 bits per heavy atom. The van der Waals surface area contributed by atoms with E-state index in [1.807, 2.05) is 48.5 Å². The molecule has 0 saturated heterocycles. The SMILES string of the molecule is c1ccc(CNc2nncc(NCc3ccc4c(c3)OCO4)n2)cc1. The Morgan fingerprint density at radius 3 is 2.64 bits per heavy atom. The van der Waals surface area contributed by atoms with E-state index in [0.717, 1.165) is 22.6 Å². The van der Waals surface area contributed by atoms with Crippen molar-refractivity contribution < 1.29 is 9.47 Å². The standard InChI is InChI=1S/C18H17N5O2/c1-2-4-13(5-3-1)9-20-18-22-17(11-21-23-18)19-10-14-6-7-15-16(8-14)25-12-24-15/h1-8,11H,9-10,12H2,(H2,19,20,22,23). The zero-order chi connectivity index (χ0) is 16.9. The number of nitrogens with zero attached hydrogens (tertiary/aromatic N) is 3. The highest BCUT2D eigenvalue weighted by Crippen LogP contribution is 2.32. The number of aromatic nitrogens is 3. The highest BCUT2D eigenvalue weighted by atomic mass is 16.7. The lowest BCUT2D eigenvalue weighted by Crippen LogP contribution is -2.08. The smallest absolute Gasteiger partial charge is 0.244 e. The van der Waals surface area contributed by atoms with E-state index in [-0.39, 0.29) is 6.79 Å². The van der Waals surface area contributed by atoms with Gasteiger partial charge in [-0.25, -0.2) is 0 Å². The minimum absolute atomic E-state index is 0.276. The second kappa shape index (κ2) is 7.04. The molecular weight excluding hydrogens is 318 g/mol. The normalized spacial score (nSPS) is 12.0. The second-order valence-electron chi connectivity index (χ2n) is 5.55. The predicted molar refractivity (Wildman–Crippen MR) is 93.5 cm³/mol. The molecule has 0 radical (unpaired) electrons. The molecule has 0 aliphatic carbocycles. The Morgan fingerprint density at radius 2 is 1.72 bits per heavy atom. The topological polar surface area (TPSA) is 81.2 Å². The summed E-state index contributed by atoms with van der Waals surface area (Å²) in [5.74, 6) is 2.69. The first kappa shape index (κ1) is 15.2. The van der Waals surface area contributed by atoms with Gasteiger partial charge in [-0.1, -0.05) is 36.4 Å². The first-order chi connectivity index (χ1) is 12.4. The fraction of sp³-hybridized carbons (Fsp3) is 0.167. The summed E-state index contributed by atoms with van der Waals surface area (Å²) in [5.41, 5.74) is 2.23. The number of hydrogen-bond donors (Lipinski definition) is 2. The van der Waals surface area contributed by atoms with E-state index in [1.54, 1.807) is 6.20 Å². The number of benzene rings is 2. The van der Waals surface area contributed by atoms with Crippen molar-refractivity contribution in [2.45, 2.75) is 13.1 Å². The third-order valence-corrected chi connectivity index (χ3v) is 3.76. The number of hydrogen-bond acceptors (Lipinski definition) is 7. The summed E-state index contributed by atoms with van der Waals surface area (Å²) >= 11 is 0. The highest BCUT2D eigenvalue weighted by Gasteiger charge is 2.13. The van der Waals surface area contributed by atoms with Gasteiger partial charge in [0, 0.05) is 13.1 Å². The average Bonchev–Trinajstić information content (AvgIpc) is 3.14. The molecule has 0 unspecified atom stereocenters. The third kappa shape index (κ3) is 3.77. The van der Waals surface area contributed by atoms with Gasteiger partial charge in [-0.3, -0.25) is 0 Å². The van der Waals surface area contributed by atoms with Crippen LogP contribution in [0.2, 0.25) is 0 Å². The van der Waals surface area contributed by atoms with Crippen LogP contribution in [0.15, 0.2) is 54.7 Å². The van der Waals surface area contributed by atoms with Crippen molar-refractivity contribution in [2.75, 3.05) is 17.4 Å². The van der Waals surface area contributed by atoms with Gasteiger partial charge in [0.2, 0.25) is 12.7 Å². The van der Waals surface area contributed by atoms with E-state index >= 15 is 0 Å².